The largest absolute Gasteiger partial charge is 0.456 e. The predicted molar refractivity (Wildman–Crippen MR) is 130 cm³/mol. The van der Waals surface area contributed by atoms with Crippen molar-refractivity contribution in [2.45, 2.75) is 58.5 Å². The third kappa shape index (κ3) is 3.83. The van der Waals surface area contributed by atoms with E-state index in [4.69, 9.17) is 4.42 Å². The van der Waals surface area contributed by atoms with Crippen molar-refractivity contribution < 1.29 is 4.42 Å². The van der Waals surface area contributed by atoms with Crippen LogP contribution in [0.5, 0.6) is 0 Å². The van der Waals surface area contributed by atoms with Gasteiger partial charge in [0, 0.05) is 29.8 Å². The van der Waals surface area contributed by atoms with Crippen molar-refractivity contribution in [2.75, 3.05) is 5.32 Å². The third-order valence-corrected chi connectivity index (χ3v) is 6.43. The van der Waals surface area contributed by atoms with E-state index in [0.717, 1.165) is 59.0 Å². The minimum absolute atomic E-state index is 0.00122. The summed E-state index contributed by atoms with van der Waals surface area (Å²) in [6, 6.07) is 14.2. The van der Waals surface area contributed by atoms with Crippen LogP contribution in [-0.2, 0) is 13.0 Å². The number of benzene rings is 2. The Balaban J connectivity index is 1.45. The molecule has 0 saturated heterocycles. The second kappa shape index (κ2) is 8.65. The summed E-state index contributed by atoms with van der Waals surface area (Å²) < 4.78 is 7.78. The molecule has 4 aromatic rings. The zero-order valence-corrected chi connectivity index (χ0v) is 18.7. The fourth-order valence-electron chi connectivity index (χ4n) is 4.37. The fourth-order valence-corrected chi connectivity index (χ4v) is 4.37. The van der Waals surface area contributed by atoms with Crippen LogP contribution in [0.4, 0.5) is 5.69 Å². The molecule has 5 nitrogen and oxygen atoms in total. The summed E-state index contributed by atoms with van der Waals surface area (Å²) >= 11 is 0. The van der Waals surface area contributed by atoms with E-state index in [1.807, 2.05) is 28.8 Å². The van der Waals surface area contributed by atoms with E-state index >= 15 is 0 Å². The number of allylic oxidation sites excluding steroid dienone is 2. The van der Waals surface area contributed by atoms with Gasteiger partial charge in [0.15, 0.2) is 0 Å². The molecule has 1 aliphatic carbocycles. The molecule has 1 fully saturated rings. The molecular weight excluding hydrogens is 398 g/mol. The van der Waals surface area contributed by atoms with Crippen LogP contribution >= 0.6 is 0 Å². The van der Waals surface area contributed by atoms with Gasteiger partial charge in [-0.3, -0.25) is 9.36 Å². The first kappa shape index (κ1) is 20.6. The molecule has 2 heterocycles. The normalized spacial score (nSPS) is 14.5. The average Bonchev–Trinajstić information content (AvgIpc) is 3.14. The lowest BCUT2D eigenvalue weighted by Crippen LogP contribution is -2.28. The maximum Gasteiger partial charge on any atom is 0.277 e. The Labute approximate surface area is 187 Å². The van der Waals surface area contributed by atoms with Crippen LogP contribution < -0.4 is 10.9 Å². The smallest absolute Gasteiger partial charge is 0.277 e. The van der Waals surface area contributed by atoms with Crippen molar-refractivity contribution in [3.8, 4) is 0 Å². The standard InChI is InChI=1S/C27H29N3O2/c1-3-7-26-28-17-23(27(31)30(26)15-14-19-8-6-9-19)29-18(2)20-12-13-25-22(16-20)21-10-4-5-11-24(21)32-25/h4-5,10-14,16-18,29H,3,6-9,15H2,1-2H3. The average molecular weight is 428 g/mol. The highest BCUT2D eigenvalue weighted by atomic mass is 16.3. The van der Waals surface area contributed by atoms with Crippen molar-refractivity contribution in [1.82, 2.24) is 9.55 Å². The molecule has 0 aliphatic heterocycles. The number of fused-ring (bicyclic) bond motifs is 3. The molecular formula is C27H29N3O2. The van der Waals surface area contributed by atoms with Crippen molar-refractivity contribution in [3.63, 3.8) is 0 Å². The topological polar surface area (TPSA) is 60.1 Å². The third-order valence-electron chi connectivity index (χ3n) is 6.43. The van der Waals surface area contributed by atoms with E-state index in [1.54, 1.807) is 6.20 Å². The number of rotatable bonds is 7. The van der Waals surface area contributed by atoms with Crippen LogP contribution in [0, 0.1) is 0 Å². The zero-order valence-electron chi connectivity index (χ0n) is 18.7. The second-order valence-electron chi connectivity index (χ2n) is 8.69. The highest BCUT2D eigenvalue weighted by molar-refractivity contribution is 6.05. The monoisotopic (exact) mass is 427 g/mol. The minimum atomic E-state index is -0.0435. The summed E-state index contributed by atoms with van der Waals surface area (Å²) in [6.07, 6.45) is 9.25. The van der Waals surface area contributed by atoms with Crippen molar-refractivity contribution in [2.24, 2.45) is 0 Å². The van der Waals surface area contributed by atoms with Gasteiger partial charge in [-0.15, -0.1) is 0 Å². The molecule has 32 heavy (non-hydrogen) atoms. The summed E-state index contributed by atoms with van der Waals surface area (Å²) in [4.78, 5) is 17.9. The highest BCUT2D eigenvalue weighted by Crippen LogP contribution is 2.31. The van der Waals surface area contributed by atoms with Crippen LogP contribution in [0.1, 0.15) is 57.0 Å². The number of nitrogens with one attached hydrogen (secondary N) is 1. The molecule has 164 valence electrons. The maximum atomic E-state index is 13.3. The Morgan fingerprint density at radius 1 is 1.16 bits per heavy atom. The van der Waals surface area contributed by atoms with E-state index in [0.29, 0.717) is 12.2 Å². The Hall–Kier alpha value is -3.34. The second-order valence-corrected chi connectivity index (χ2v) is 8.69. The van der Waals surface area contributed by atoms with Gasteiger partial charge >= 0.3 is 0 Å². The van der Waals surface area contributed by atoms with Gasteiger partial charge in [-0.1, -0.05) is 42.8 Å². The van der Waals surface area contributed by atoms with Crippen molar-refractivity contribution in [3.05, 3.63) is 82.1 Å². The molecule has 0 spiro atoms. The van der Waals surface area contributed by atoms with Gasteiger partial charge < -0.3 is 9.73 Å². The maximum absolute atomic E-state index is 13.3. The zero-order chi connectivity index (χ0) is 22.1. The number of hydrogen-bond acceptors (Lipinski definition) is 4. The highest BCUT2D eigenvalue weighted by Gasteiger charge is 2.15. The molecule has 1 aliphatic rings. The quantitative estimate of drug-likeness (QED) is 0.348. The van der Waals surface area contributed by atoms with Gasteiger partial charge in [-0.25, -0.2) is 4.98 Å². The van der Waals surface area contributed by atoms with Crippen molar-refractivity contribution in [1.29, 1.82) is 0 Å². The van der Waals surface area contributed by atoms with Crippen molar-refractivity contribution >= 4 is 27.6 Å². The van der Waals surface area contributed by atoms with E-state index < -0.39 is 0 Å². The lowest BCUT2D eigenvalue weighted by molar-refractivity contribution is 0.626. The summed E-state index contributed by atoms with van der Waals surface area (Å²) in [5, 5.41) is 5.61. The summed E-state index contributed by atoms with van der Waals surface area (Å²) in [5.74, 6) is 0.859. The number of furan rings is 1. The van der Waals surface area contributed by atoms with Gasteiger partial charge in [-0.2, -0.15) is 0 Å². The molecule has 0 amide bonds. The first-order chi connectivity index (χ1) is 15.6. The molecule has 5 rings (SSSR count). The predicted octanol–water partition coefficient (Wildman–Crippen LogP) is 6.38. The van der Waals surface area contributed by atoms with Gasteiger partial charge in [0.25, 0.3) is 5.56 Å². The molecule has 0 bridgehead atoms. The number of aromatic nitrogens is 2. The number of hydrogen-bond donors (Lipinski definition) is 1. The number of nitrogens with zero attached hydrogens (tertiary/aromatic N) is 2. The number of para-hydroxylation sites is 1. The Morgan fingerprint density at radius 3 is 2.75 bits per heavy atom. The van der Waals surface area contributed by atoms with E-state index in [2.05, 4.69) is 48.4 Å². The summed E-state index contributed by atoms with van der Waals surface area (Å²) in [5.41, 5.74) is 4.86. The van der Waals surface area contributed by atoms with Crippen LogP contribution in [0.3, 0.4) is 0 Å². The molecule has 0 radical (unpaired) electrons. The molecule has 2 aromatic heterocycles. The van der Waals surface area contributed by atoms with Gasteiger partial charge in [0.2, 0.25) is 0 Å². The molecule has 1 N–H and O–H groups in total. The molecule has 1 atom stereocenters. The van der Waals surface area contributed by atoms with Crippen LogP contribution in [0.2, 0.25) is 0 Å². The van der Waals surface area contributed by atoms with Crippen LogP contribution in [0.25, 0.3) is 21.9 Å². The Kier molecular flexibility index (Phi) is 5.56. The lowest BCUT2D eigenvalue weighted by Gasteiger charge is -2.19. The van der Waals surface area contributed by atoms with E-state index in [-0.39, 0.29) is 11.6 Å². The van der Waals surface area contributed by atoms with E-state index in [1.165, 1.54) is 12.0 Å². The molecule has 5 heteroatoms. The van der Waals surface area contributed by atoms with Gasteiger partial charge in [0.05, 0.1) is 6.20 Å². The van der Waals surface area contributed by atoms with E-state index in [9.17, 15) is 4.79 Å². The number of anilines is 1. The fraction of sp³-hybridized carbons (Fsp3) is 0.333. The summed E-state index contributed by atoms with van der Waals surface area (Å²) in [6.45, 7) is 4.79. The molecule has 1 unspecified atom stereocenters. The van der Waals surface area contributed by atoms with Gasteiger partial charge in [0.1, 0.15) is 22.7 Å². The molecule has 2 aromatic carbocycles. The number of aryl methyl sites for hydroxylation is 1. The minimum Gasteiger partial charge on any atom is -0.456 e. The van der Waals surface area contributed by atoms with Crippen LogP contribution in [0.15, 0.2) is 69.5 Å². The summed E-state index contributed by atoms with van der Waals surface area (Å²) in [7, 11) is 0. The van der Waals surface area contributed by atoms with Gasteiger partial charge in [-0.05, 0) is 56.4 Å². The first-order valence-corrected chi connectivity index (χ1v) is 11.6. The lowest BCUT2D eigenvalue weighted by atomic mass is 9.92. The Bertz CT molecular complexity index is 1360. The van der Waals surface area contributed by atoms with Crippen LogP contribution in [-0.4, -0.2) is 9.55 Å². The molecule has 1 saturated carbocycles. The SMILES string of the molecule is CCCc1ncc(NC(C)c2ccc3oc4ccccc4c3c2)c(=O)n1CC=C1CCC1. The Morgan fingerprint density at radius 2 is 1.97 bits per heavy atom. The first-order valence-electron chi connectivity index (χ1n) is 11.6.